The van der Waals surface area contributed by atoms with Gasteiger partial charge in [0.05, 0.1) is 0 Å². The Morgan fingerprint density at radius 2 is 0.600 bits per heavy atom. The van der Waals surface area contributed by atoms with E-state index in [-0.39, 0.29) is 53.6 Å². The smallest absolute Gasteiger partial charge is 0 e. The molecule has 5 heteroatoms. The molecule has 0 aromatic rings. The van der Waals surface area contributed by atoms with Gasteiger partial charge in [-0.15, -0.1) is 0 Å². The molecule has 0 aliphatic heterocycles. The van der Waals surface area contributed by atoms with E-state index in [4.69, 9.17) is 0 Å². The molecule has 0 heterocycles. The van der Waals surface area contributed by atoms with Crippen molar-refractivity contribution >= 4 is 0 Å². The third kappa shape index (κ3) is 45.3. The monoisotopic (exact) mass is 164 g/mol. The van der Waals surface area contributed by atoms with Crippen molar-refractivity contribution in [3.8, 4) is 0 Å². The van der Waals surface area contributed by atoms with Gasteiger partial charge in [-0.2, -0.15) is 0 Å². The number of hydrogen-bond donors (Lipinski definition) is 2. The van der Waals surface area contributed by atoms with Crippen LogP contribution in [0.4, 0.5) is 0 Å². The van der Waals surface area contributed by atoms with Crippen molar-refractivity contribution < 1.29 is 41.3 Å². The van der Waals surface area contributed by atoms with E-state index in [1.165, 1.54) is 0 Å². The summed E-state index contributed by atoms with van der Waals surface area (Å²) in [5.74, 6) is 0. The van der Waals surface area contributed by atoms with E-state index in [1.807, 2.05) is 0 Å². The molecule has 42 valence electrons. The fourth-order valence-electron chi connectivity index (χ4n) is 0. The molecule has 0 saturated carbocycles. The molecule has 0 aromatic carbocycles. The Kier molecular flexibility index (Phi) is 2440. The predicted molar refractivity (Wildman–Crippen MR) is 12.0 cm³/mol. The zero-order valence-electron chi connectivity index (χ0n) is 3.07. The molecule has 0 aliphatic rings. The maximum absolute atomic E-state index is 0. The van der Waals surface area contributed by atoms with Crippen molar-refractivity contribution in [1.82, 2.24) is 12.3 Å². The largest absolute Gasteiger partial charge is 1.00 e. The van der Waals surface area contributed by atoms with Gasteiger partial charge in [0.25, 0.3) is 0 Å². The summed E-state index contributed by atoms with van der Waals surface area (Å²) < 4.78 is 0. The van der Waals surface area contributed by atoms with E-state index in [0.717, 1.165) is 0 Å². The first kappa shape index (κ1) is 151. The molecule has 8 N–H and O–H groups in total. The molecule has 0 fully saturated rings. The molecular formula is H8Cl2N2Ni. The van der Waals surface area contributed by atoms with Crippen LogP contribution in [0.1, 0.15) is 0 Å². The van der Waals surface area contributed by atoms with Crippen LogP contribution < -0.4 is 37.1 Å². The molecule has 0 amide bonds. The summed E-state index contributed by atoms with van der Waals surface area (Å²) >= 11 is 0. The summed E-state index contributed by atoms with van der Waals surface area (Å²) in [6.07, 6.45) is 0. The van der Waals surface area contributed by atoms with Crippen LogP contribution in [-0.2, 0) is 16.5 Å². The molecule has 0 spiro atoms. The summed E-state index contributed by atoms with van der Waals surface area (Å²) in [6.45, 7) is 0. The Labute approximate surface area is 54.0 Å². The van der Waals surface area contributed by atoms with Crippen LogP contribution in [0.25, 0.3) is 0 Å². The Bertz CT molecular complexity index is 7.61. The first-order valence-corrected chi connectivity index (χ1v) is 0. The molecule has 0 radical (unpaired) electrons. The van der Waals surface area contributed by atoms with Gasteiger partial charge >= 0.3 is 0 Å². The second-order valence-corrected chi connectivity index (χ2v) is 0. The third-order valence-corrected chi connectivity index (χ3v) is 0. The molecule has 2 nitrogen and oxygen atoms in total. The number of hydrogen-bond acceptors (Lipinski definition) is 0. The van der Waals surface area contributed by atoms with Crippen LogP contribution in [0.15, 0.2) is 0 Å². The number of rotatable bonds is 0. The third-order valence-electron chi connectivity index (χ3n) is 0. The van der Waals surface area contributed by atoms with Gasteiger partial charge in [-0.05, 0) is 0 Å². The first-order chi connectivity index (χ1) is 0. The normalized spacial score (nSPS) is 0. The Balaban J connectivity index is 0. The molecule has 0 aromatic heterocycles. The molecule has 0 rings (SSSR count). The summed E-state index contributed by atoms with van der Waals surface area (Å²) in [5.41, 5.74) is 0. The average Bonchev–Trinajstić information content (AvgIpc) is 0. The van der Waals surface area contributed by atoms with E-state index in [9.17, 15) is 0 Å². The quantitative estimate of drug-likeness (QED) is 0.337. The SMILES string of the molecule is [Cl-].[Cl-].[NH4+].[NH4+].[Ni]. The van der Waals surface area contributed by atoms with E-state index >= 15 is 0 Å². The zero-order valence-corrected chi connectivity index (χ0v) is 5.57. The minimum Gasteiger partial charge on any atom is -1.00 e. The van der Waals surface area contributed by atoms with Gasteiger partial charge in [0.15, 0.2) is 0 Å². The summed E-state index contributed by atoms with van der Waals surface area (Å²) in [7, 11) is 0. The topological polar surface area (TPSA) is 73.0 Å². The fraction of sp³-hybridized carbons (Fsp3) is 0. The minimum absolute atomic E-state index is 0. The molecule has 0 atom stereocenters. The van der Waals surface area contributed by atoms with Gasteiger partial charge < -0.3 is 37.1 Å². The van der Waals surface area contributed by atoms with Crippen molar-refractivity contribution in [2.45, 2.75) is 0 Å². The van der Waals surface area contributed by atoms with Crippen LogP contribution in [0, 0.1) is 0 Å². The van der Waals surface area contributed by atoms with Gasteiger partial charge in [-0.1, -0.05) is 0 Å². The molecule has 5 heavy (non-hydrogen) atoms. The molecule has 0 bridgehead atoms. The Morgan fingerprint density at radius 3 is 0.600 bits per heavy atom. The summed E-state index contributed by atoms with van der Waals surface area (Å²) in [6, 6.07) is 0. The maximum Gasteiger partial charge on any atom is 0 e. The standard InChI is InChI=1S/2ClH.2H3N.Ni/h2*1H;2*1H3;. The van der Waals surface area contributed by atoms with Crippen molar-refractivity contribution in [1.29, 1.82) is 0 Å². The van der Waals surface area contributed by atoms with Crippen molar-refractivity contribution in [2.24, 2.45) is 0 Å². The van der Waals surface area contributed by atoms with Crippen LogP contribution in [0.5, 0.6) is 0 Å². The Morgan fingerprint density at radius 1 is 0.600 bits per heavy atom. The zero-order chi connectivity index (χ0) is 0. The van der Waals surface area contributed by atoms with Gasteiger partial charge in [-0.3, -0.25) is 0 Å². The maximum atomic E-state index is 0. The van der Waals surface area contributed by atoms with Crippen LogP contribution in [0.2, 0.25) is 0 Å². The van der Waals surface area contributed by atoms with Crippen LogP contribution >= 0.6 is 0 Å². The molecule has 0 saturated heterocycles. The van der Waals surface area contributed by atoms with Gasteiger partial charge in [-0.25, -0.2) is 0 Å². The van der Waals surface area contributed by atoms with E-state index in [0.29, 0.717) is 0 Å². The van der Waals surface area contributed by atoms with Crippen molar-refractivity contribution in [2.75, 3.05) is 0 Å². The van der Waals surface area contributed by atoms with Crippen LogP contribution in [-0.4, -0.2) is 0 Å². The van der Waals surface area contributed by atoms with Gasteiger partial charge in [0.2, 0.25) is 0 Å². The molecule has 0 unspecified atom stereocenters. The predicted octanol–water partition coefficient (Wildman–Crippen LogP) is -5.24. The van der Waals surface area contributed by atoms with E-state index < -0.39 is 0 Å². The van der Waals surface area contributed by atoms with E-state index in [1.54, 1.807) is 0 Å². The Hall–Kier alpha value is 0.994. The average molecular weight is 166 g/mol. The first-order valence-electron chi connectivity index (χ1n) is 0. The second-order valence-electron chi connectivity index (χ2n) is 0. The van der Waals surface area contributed by atoms with E-state index in [2.05, 4.69) is 0 Å². The van der Waals surface area contributed by atoms with Crippen LogP contribution in [0.3, 0.4) is 0 Å². The van der Waals surface area contributed by atoms with Crippen molar-refractivity contribution in [3.63, 3.8) is 0 Å². The van der Waals surface area contributed by atoms with Gasteiger partial charge in [0.1, 0.15) is 0 Å². The number of halogens is 2. The number of quaternary nitrogens is 2. The second kappa shape index (κ2) is 80.7. The van der Waals surface area contributed by atoms with Gasteiger partial charge in [0, 0.05) is 16.5 Å². The molecule has 0 aliphatic carbocycles. The summed E-state index contributed by atoms with van der Waals surface area (Å²) in [4.78, 5) is 0. The fourth-order valence-corrected chi connectivity index (χ4v) is 0. The minimum atomic E-state index is 0. The molecular weight excluding hydrogens is 158 g/mol. The van der Waals surface area contributed by atoms with Crippen molar-refractivity contribution in [3.05, 3.63) is 0 Å². The summed E-state index contributed by atoms with van der Waals surface area (Å²) in [5, 5.41) is 0.